The van der Waals surface area contributed by atoms with Gasteiger partial charge in [0.1, 0.15) is 0 Å². The molecule has 0 aromatic carbocycles. The van der Waals surface area contributed by atoms with Crippen LogP contribution in [0, 0.1) is 0 Å². The average Bonchev–Trinajstić information content (AvgIpc) is 2.58. The fraction of sp³-hybridized carbons (Fsp3) is 0.333. The summed E-state index contributed by atoms with van der Waals surface area (Å²) < 4.78 is 1.76. The van der Waals surface area contributed by atoms with E-state index >= 15 is 0 Å². The molecule has 2 aromatic rings. The van der Waals surface area contributed by atoms with Crippen LogP contribution in [-0.2, 0) is 11.2 Å². The maximum Gasteiger partial charge on any atom is 0.309 e. The smallest absolute Gasteiger partial charge is 0.309 e. The van der Waals surface area contributed by atoms with Crippen molar-refractivity contribution in [3.63, 3.8) is 0 Å². The quantitative estimate of drug-likeness (QED) is 0.914. The third-order valence-electron chi connectivity index (χ3n) is 2.60. The molecule has 0 radical (unpaired) electrons. The maximum absolute atomic E-state index is 10.9. The van der Waals surface area contributed by atoms with Crippen molar-refractivity contribution in [2.45, 2.75) is 26.2 Å². The normalized spacial score (nSPS) is 11.3. The zero-order chi connectivity index (χ0) is 12.6. The maximum atomic E-state index is 10.9. The van der Waals surface area contributed by atoms with Crippen LogP contribution >= 0.6 is 11.6 Å². The number of hydrogen-bond donors (Lipinski definition) is 1. The van der Waals surface area contributed by atoms with Gasteiger partial charge < -0.3 is 9.51 Å². The number of fused-ring (bicyclic) bond motifs is 1. The van der Waals surface area contributed by atoms with Crippen molar-refractivity contribution in [3.05, 3.63) is 34.7 Å². The summed E-state index contributed by atoms with van der Waals surface area (Å²) in [7, 11) is 0. The fourth-order valence-corrected chi connectivity index (χ4v) is 2.09. The molecule has 0 amide bonds. The van der Waals surface area contributed by atoms with E-state index in [1.165, 1.54) is 0 Å². The van der Waals surface area contributed by atoms with Gasteiger partial charge in [-0.25, -0.2) is 4.98 Å². The Morgan fingerprint density at radius 1 is 1.59 bits per heavy atom. The summed E-state index contributed by atoms with van der Waals surface area (Å²) in [6, 6.07) is 3.53. The van der Waals surface area contributed by atoms with Gasteiger partial charge in [-0.1, -0.05) is 25.4 Å². The van der Waals surface area contributed by atoms with Crippen molar-refractivity contribution in [2.75, 3.05) is 0 Å². The van der Waals surface area contributed by atoms with E-state index in [0.717, 1.165) is 5.69 Å². The molecule has 5 heteroatoms. The molecule has 0 fully saturated rings. The number of aromatic nitrogens is 2. The number of aliphatic carboxylic acids is 1. The monoisotopic (exact) mass is 252 g/mol. The second-order valence-electron chi connectivity index (χ2n) is 4.22. The lowest BCUT2D eigenvalue weighted by Crippen LogP contribution is -2.06. The molecule has 1 N–H and O–H groups in total. The van der Waals surface area contributed by atoms with Gasteiger partial charge in [0.05, 0.1) is 22.8 Å². The minimum atomic E-state index is -0.867. The van der Waals surface area contributed by atoms with Crippen LogP contribution in [-0.4, -0.2) is 20.5 Å². The molecule has 0 saturated heterocycles. The Hall–Kier alpha value is -1.55. The number of rotatable bonds is 3. The first-order valence-corrected chi connectivity index (χ1v) is 5.75. The van der Waals surface area contributed by atoms with Gasteiger partial charge in [0, 0.05) is 6.20 Å². The highest BCUT2D eigenvalue weighted by Gasteiger charge is 2.18. The van der Waals surface area contributed by atoms with Gasteiger partial charge in [0.25, 0.3) is 0 Å². The summed E-state index contributed by atoms with van der Waals surface area (Å²) in [5.74, 6) is -0.700. The zero-order valence-corrected chi connectivity index (χ0v) is 10.4. The lowest BCUT2D eigenvalue weighted by atomic mass is 10.1. The molecule has 0 aliphatic heterocycles. The molecule has 2 rings (SSSR count). The molecule has 0 aliphatic rings. The standard InChI is InChI=1S/C12H13ClN2O2/c1-7(2)11-9(6-10(16)17)15-5-3-4-8(13)12(15)14-11/h3-5,7H,6H2,1-2H3,(H,16,17). The lowest BCUT2D eigenvalue weighted by molar-refractivity contribution is -0.136. The first kappa shape index (κ1) is 11.9. The highest BCUT2D eigenvalue weighted by molar-refractivity contribution is 6.33. The summed E-state index contributed by atoms with van der Waals surface area (Å²) in [6.45, 7) is 3.97. The molecule has 2 heterocycles. The van der Waals surface area contributed by atoms with Crippen LogP contribution in [0.15, 0.2) is 18.3 Å². The largest absolute Gasteiger partial charge is 0.481 e. The van der Waals surface area contributed by atoms with Gasteiger partial charge in [0.2, 0.25) is 0 Å². The Morgan fingerprint density at radius 2 is 2.29 bits per heavy atom. The second-order valence-corrected chi connectivity index (χ2v) is 4.63. The van der Waals surface area contributed by atoms with E-state index < -0.39 is 5.97 Å². The van der Waals surface area contributed by atoms with E-state index in [4.69, 9.17) is 16.7 Å². The minimum Gasteiger partial charge on any atom is -0.481 e. The lowest BCUT2D eigenvalue weighted by Gasteiger charge is -2.04. The van der Waals surface area contributed by atoms with E-state index in [9.17, 15) is 4.79 Å². The third-order valence-corrected chi connectivity index (χ3v) is 2.89. The molecule has 4 nitrogen and oxygen atoms in total. The van der Waals surface area contributed by atoms with Crippen molar-refractivity contribution >= 4 is 23.2 Å². The van der Waals surface area contributed by atoms with Gasteiger partial charge in [-0.2, -0.15) is 0 Å². The first-order chi connectivity index (χ1) is 8.00. The van der Waals surface area contributed by atoms with Gasteiger partial charge in [-0.15, -0.1) is 0 Å². The highest BCUT2D eigenvalue weighted by atomic mass is 35.5. The van der Waals surface area contributed by atoms with Gasteiger partial charge in [-0.05, 0) is 18.1 Å². The highest BCUT2D eigenvalue weighted by Crippen LogP contribution is 2.25. The zero-order valence-electron chi connectivity index (χ0n) is 9.64. The van der Waals surface area contributed by atoms with Crippen LogP contribution in [0.3, 0.4) is 0 Å². The number of carbonyl (C=O) groups is 1. The van der Waals surface area contributed by atoms with Crippen molar-refractivity contribution in [2.24, 2.45) is 0 Å². The molecular weight excluding hydrogens is 240 g/mol. The van der Waals surface area contributed by atoms with Crippen LogP contribution in [0.1, 0.15) is 31.2 Å². The number of imidazole rings is 1. The second kappa shape index (κ2) is 4.37. The summed E-state index contributed by atoms with van der Waals surface area (Å²) in [4.78, 5) is 15.3. The topological polar surface area (TPSA) is 54.6 Å². The number of hydrogen-bond acceptors (Lipinski definition) is 2. The molecule has 0 aliphatic carbocycles. The molecule has 0 saturated carbocycles. The predicted molar refractivity (Wildman–Crippen MR) is 65.6 cm³/mol. The molecule has 0 spiro atoms. The van der Waals surface area contributed by atoms with Gasteiger partial charge >= 0.3 is 5.97 Å². The molecule has 0 unspecified atom stereocenters. The predicted octanol–water partition coefficient (Wildman–Crippen LogP) is 2.74. The summed E-state index contributed by atoms with van der Waals surface area (Å²) in [6.07, 6.45) is 1.74. The van der Waals surface area contributed by atoms with Crippen LogP contribution in [0.2, 0.25) is 5.02 Å². The van der Waals surface area contributed by atoms with E-state index in [1.54, 1.807) is 22.7 Å². The van der Waals surface area contributed by atoms with Crippen LogP contribution < -0.4 is 0 Å². The molecular formula is C12H13ClN2O2. The number of halogens is 1. The summed E-state index contributed by atoms with van der Waals surface area (Å²) in [5, 5.41) is 9.48. The van der Waals surface area contributed by atoms with E-state index in [0.29, 0.717) is 16.4 Å². The van der Waals surface area contributed by atoms with Crippen LogP contribution in [0.4, 0.5) is 0 Å². The molecule has 90 valence electrons. The number of carboxylic acids is 1. The Labute approximate surface area is 104 Å². The Kier molecular flexibility index (Phi) is 3.07. The Balaban J connectivity index is 2.71. The number of pyridine rings is 1. The van der Waals surface area contributed by atoms with Crippen molar-refractivity contribution in [1.29, 1.82) is 0 Å². The van der Waals surface area contributed by atoms with Crippen molar-refractivity contribution < 1.29 is 9.90 Å². The van der Waals surface area contributed by atoms with E-state index in [-0.39, 0.29) is 12.3 Å². The van der Waals surface area contributed by atoms with Gasteiger partial charge in [0.15, 0.2) is 5.65 Å². The molecule has 0 bridgehead atoms. The average molecular weight is 253 g/mol. The van der Waals surface area contributed by atoms with Crippen LogP contribution in [0.25, 0.3) is 5.65 Å². The van der Waals surface area contributed by atoms with E-state index in [1.807, 2.05) is 13.8 Å². The SMILES string of the molecule is CC(C)c1nc2c(Cl)cccn2c1CC(=O)O. The Morgan fingerprint density at radius 3 is 2.88 bits per heavy atom. The van der Waals surface area contributed by atoms with Crippen molar-refractivity contribution in [1.82, 2.24) is 9.38 Å². The number of carboxylic acid groups (broad SMARTS) is 1. The van der Waals surface area contributed by atoms with Gasteiger partial charge in [-0.3, -0.25) is 4.79 Å². The first-order valence-electron chi connectivity index (χ1n) is 5.38. The minimum absolute atomic E-state index is 0.0466. The summed E-state index contributed by atoms with van der Waals surface area (Å²) in [5.41, 5.74) is 2.11. The fourth-order valence-electron chi connectivity index (χ4n) is 1.88. The van der Waals surface area contributed by atoms with Crippen molar-refractivity contribution in [3.8, 4) is 0 Å². The Bertz CT molecular complexity index is 575. The summed E-state index contributed by atoms with van der Waals surface area (Å²) >= 11 is 6.05. The van der Waals surface area contributed by atoms with Crippen LogP contribution in [0.5, 0.6) is 0 Å². The number of nitrogens with zero attached hydrogens (tertiary/aromatic N) is 2. The third kappa shape index (κ3) is 2.13. The molecule has 2 aromatic heterocycles. The molecule has 0 atom stereocenters. The van der Waals surface area contributed by atoms with E-state index in [2.05, 4.69) is 4.98 Å². The molecule has 17 heavy (non-hydrogen) atoms.